The van der Waals surface area contributed by atoms with Crippen LogP contribution in [0.1, 0.15) is 28.8 Å². The molecule has 1 aromatic carbocycles. The fourth-order valence-electron chi connectivity index (χ4n) is 2.33. The molecule has 18 heavy (non-hydrogen) atoms. The molecule has 4 heteroatoms. The molecule has 1 amide bonds. The number of hydrogen-bond acceptors (Lipinski definition) is 1. The number of likely N-dealkylation sites (tertiary alicyclic amines) is 1. The highest BCUT2D eigenvalue weighted by Gasteiger charge is 2.23. The molecule has 0 atom stereocenters. The summed E-state index contributed by atoms with van der Waals surface area (Å²) in [4.78, 5) is 14.4. The number of halogens is 2. The molecule has 0 unspecified atom stereocenters. The van der Waals surface area contributed by atoms with Crippen LogP contribution in [0.15, 0.2) is 22.7 Å². The van der Waals surface area contributed by atoms with Crippen LogP contribution in [0.5, 0.6) is 0 Å². The molecule has 0 aromatic heterocycles. The van der Waals surface area contributed by atoms with Gasteiger partial charge in [0.25, 0.3) is 5.91 Å². The maximum atomic E-state index is 12.4. The van der Waals surface area contributed by atoms with Crippen LogP contribution in [-0.2, 0) is 0 Å². The van der Waals surface area contributed by atoms with Crippen molar-refractivity contribution in [2.45, 2.75) is 19.8 Å². The first-order valence-electron chi connectivity index (χ1n) is 6.23. The Morgan fingerprint density at radius 2 is 2.06 bits per heavy atom. The third kappa shape index (κ3) is 3.15. The largest absolute Gasteiger partial charge is 0.339 e. The topological polar surface area (TPSA) is 20.3 Å². The maximum absolute atomic E-state index is 12.4. The molecule has 1 fully saturated rings. The zero-order chi connectivity index (χ0) is 13.1. The number of benzene rings is 1. The van der Waals surface area contributed by atoms with E-state index in [1.807, 2.05) is 30.0 Å². The molecule has 0 bridgehead atoms. The Morgan fingerprint density at radius 3 is 2.61 bits per heavy atom. The zero-order valence-electron chi connectivity index (χ0n) is 10.5. The lowest BCUT2D eigenvalue weighted by atomic mass is 9.98. The SMILES string of the molecule is Cc1cc(Br)ccc1C(=O)N1CCC(CBr)CC1. The third-order valence-corrected chi connectivity index (χ3v) is 4.95. The summed E-state index contributed by atoms with van der Waals surface area (Å²) in [5.41, 5.74) is 1.87. The zero-order valence-corrected chi connectivity index (χ0v) is 13.6. The summed E-state index contributed by atoms with van der Waals surface area (Å²) in [6, 6.07) is 5.85. The Morgan fingerprint density at radius 1 is 1.39 bits per heavy atom. The van der Waals surface area contributed by atoms with E-state index >= 15 is 0 Å². The number of nitrogens with zero attached hydrogens (tertiary/aromatic N) is 1. The summed E-state index contributed by atoms with van der Waals surface area (Å²) in [5, 5.41) is 1.05. The minimum Gasteiger partial charge on any atom is -0.339 e. The van der Waals surface area contributed by atoms with E-state index in [0.29, 0.717) is 0 Å². The van der Waals surface area contributed by atoms with Gasteiger partial charge in [-0.1, -0.05) is 31.9 Å². The van der Waals surface area contributed by atoms with Gasteiger partial charge in [0.1, 0.15) is 0 Å². The van der Waals surface area contributed by atoms with Crippen LogP contribution in [0, 0.1) is 12.8 Å². The number of hydrogen-bond donors (Lipinski definition) is 0. The molecule has 0 aliphatic carbocycles. The second-order valence-electron chi connectivity index (χ2n) is 4.85. The molecule has 0 N–H and O–H groups in total. The number of rotatable bonds is 2. The molecule has 2 nitrogen and oxygen atoms in total. The van der Waals surface area contributed by atoms with Gasteiger partial charge in [-0.15, -0.1) is 0 Å². The van der Waals surface area contributed by atoms with Crippen molar-refractivity contribution < 1.29 is 4.79 Å². The van der Waals surface area contributed by atoms with Crippen molar-refractivity contribution in [2.75, 3.05) is 18.4 Å². The standard InChI is InChI=1S/C14H17Br2NO/c1-10-8-12(16)2-3-13(10)14(18)17-6-4-11(9-15)5-7-17/h2-3,8,11H,4-7,9H2,1H3. The Balaban J connectivity index is 2.08. The second kappa shape index (κ2) is 6.20. The number of alkyl halides is 1. The highest BCUT2D eigenvalue weighted by atomic mass is 79.9. The molecule has 1 heterocycles. The predicted octanol–water partition coefficient (Wildman–Crippen LogP) is 4.00. The first-order valence-corrected chi connectivity index (χ1v) is 8.14. The van der Waals surface area contributed by atoms with Crippen molar-refractivity contribution in [3.8, 4) is 0 Å². The molecule has 1 aromatic rings. The first-order chi connectivity index (χ1) is 8.61. The highest BCUT2D eigenvalue weighted by Crippen LogP contribution is 2.22. The second-order valence-corrected chi connectivity index (χ2v) is 6.41. The Kier molecular flexibility index (Phi) is 4.84. The van der Waals surface area contributed by atoms with E-state index in [2.05, 4.69) is 31.9 Å². The Bertz CT molecular complexity index is 439. The van der Waals surface area contributed by atoms with Gasteiger partial charge in [0.15, 0.2) is 0 Å². The van der Waals surface area contributed by atoms with Crippen molar-refractivity contribution in [3.05, 3.63) is 33.8 Å². The number of piperidine rings is 1. The van der Waals surface area contributed by atoms with E-state index < -0.39 is 0 Å². The van der Waals surface area contributed by atoms with Crippen LogP contribution in [0.3, 0.4) is 0 Å². The molecule has 2 rings (SSSR count). The van der Waals surface area contributed by atoms with E-state index in [4.69, 9.17) is 0 Å². The summed E-state index contributed by atoms with van der Waals surface area (Å²) in [7, 11) is 0. The molecule has 0 saturated carbocycles. The lowest BCUT2D eigenvalue weighted by molar-refractivity contribution is 0.0698. The van der Waals surface area contributed by atoms with Gasteiger partial charge in [-0.3, -0.25) is 4.79 Å². The van der Waals surface area contributed by atoms with Gasteiger partial charge >= 0.3 is 0 Å². The van der Waals surface area contributed by atoms with Gasteiger partial charge in [0, 0.05) is 28.5 Å². The maximum Gasteiger partial charge on any atom is 0.254 e. The van der Waals surface area contributed by atoms with E-state index in [1.54, 1.807) is 0 Å². The highest BCUT2D eigenvalue weighted by molar-refractivity contribution is 9.10. The third-order valence-electron chi connectivity index (χ3n) is 3.54. The summed E-state index contributed by atoms with van der Waals surface area (Å²) < 4.78 is 1.02. The van der Waals surface area contributed by atoms with Gasteiger partial charge < -0.3 is 4.90 Å². The average Bonchev–Trinajstić information content (AvgIpc) is 2.38. The normalized spacial score (nSPS) is 16.9. The van der Waals surface area contributed by atoms with E-state index in [1.165, 1.54) is 0 Å². The van der Waals surface area contributed by atoms with Gasteiger partial charge in [-0.2, -0.15) is 0 Å². The number of amides is 1. The van der Waals surface area contributed by atoms with Crippen LogP contribution in [0.4, 0.5) is 0 Å². The molecular formula is C14H17Br2NO. The van der Waals surface area contributed by atoms with Gasteiger partial charge in [-0.05, 0) is 49.4 Å². The van der Waals surface area contributed by atoms with Gasteiger partial charge in [0.2, 0.25) is 0 Å². The lowest BCUT2D eigenvalue weighted by Gasteiger charge is -2.31. The number of carbonyl (C=O) groups is 1. The summed E-state index contributed by atoms with van der Waals surface area (Å²) in [5.74, 6) is 0.896. The Hall–Kier alpha value is -0.350. The smallest absolute Gasteiger partial charge is 0.254 e. The molecule has 98 valence electrons. The van der Waals surface area contributed by atoms with Crippen LogP contribution < -0.4 is 0 Å². The van der Waals surface area contributed by atoms with Crippen LogP contribution in [-0.4, -0.2) is 29.2 Å². The van der Waals surface area contributed by atoms with Crippen molar-refractivity contribution in [3.63, 3.8) is 0 Å². The van der Waals surface area contributed by atoms with Crippen LogP contribution in [0.25, 0.3) is 0 Å². The minimum atomic E-state index is 0.174. The lowest BCUT2D eigenvalue weighted by Crippen LogP contribution is -2.39. The van der Waals surface area contributed by atoms with Gasteiger partial charge in [-0.25, -0.2) is 0 Å². The van der Waals surface area contributed by atoms with Crippen molar-refractivity contribution >= 4 is 37.8 Å². The molecule has 1 saturated heterocycles. The molecule has 0 radical (unpaired) electrons. The van der Waals surface area contributed by atoms with Crippen LogP contribution >= 0.6 is 31.9 Å². The summed E-state index contributed by atoms with van der Waals surface area (Å²) in [6.45, 7) is 3.75. The van der Waals surface area contributed by atoms with E-state index in [0.717, 1.165) is 52.8 Å². The molecule has 1 aliphatic rings. The quantitative estimate of drug-likeness (QED) is 0.716. The average molecular weight is 375 g/mol. The fourth-order valence-corrected chi connectivity index (χ4v) is 3.45. The van der Waals surface area contributed by atoms with E-state index in [-0.39, 0.29) is 5.91 Å². The van der Waals surface area contributed by atoms with Gasteiger partial charge in [0.05, 0.1) is 0 Å². The predicted molar refractivity (Wildman–Crippen MR) is 81.3 cm³/mol. The molecular weight excluding hydrogens is 358 g/mol. The number of carbonyl (C=O) groups excluding carboxylic acids is 1. The first kappa shape index (κ1) is 14.1. The van der Waals surface area contributed by atoms with Crippen LogP contribution in [0.2, 0.25) is 0 Å². The fraction of sp³-hybridized carbons (Fsp3) is 0.500. The van der Waals surface area contributed by atoms with Crippen molar-refractivity contribution in [2.24, 2.45) is 5.92 Å². The minimum absolute atomic E-state index is 0.174. The Labute approximate surface area is 125 Å². The monoisotopic (exact) mass is 373 g/mol. The summed E-state index contributed by atoms with van der Waals surface area (Å²) >= 11 is 6.95. The molecule has 1 aliphatic heterocycles. The van der Waals surface area contributed by atoms with E-state index in [9.17, 15) is 4.79 Å². The summed E-state index contributed by atoms with van der Waals surface area (Å²) in [6.07, 6.45) is 2.21. The van der Waals surface area contributed by atoms with Crippen molar-refractivity contribution in [1.29, 1.82) is 0 Å². The van der Waals surface area contributed by atoms with Crippen molar-refractivity contribution in [1.82, 2.24) is 4.90 Å². The number of aryl methyl sites for hydroxylation is 1. The molecule has 0 spiro atoms.